The van der Waals surface area contributed by atoms with Crippen molar-refractivity contribution < 1.29 is 14.6 Å². The Kier molecular flexibility index (Phi) is 5.24. The van der Waals surface area contributed by atoms with Crippen molar-refractivity contribution in [2.75, 3.05) is 13.7 Å². The lowest BCUT2D eigenvalue weighted by Crippen LogP contribution is -2.45. The van der Waals surface area contributed by atoms with Crippen LogP contribution in [0.2, 0.25) is 0 Å². The van der Waals surface area contributed by atoms with E-state index in [0.717, 1.165) is 29.7 Å². The quantitative estimate of drug-likeness (QED) is 0.726. The number of nitrogens with one attached hydrogen (secondary N) is 2. The molecule has 1 atom stereocenters. The van der Waals surface area contributed by atoms with Gasteiger partial charge in [0.05, 0.1) is 13.7 Å². The molecule has 0 bridgehead atoms. The van der Waals surface area contributed by atoms with Crippen LogP contribution in [-0.4, -0.2) is 24.8 Å². The largest absolute Gasteiger partial charge is 0.497 e. The van der Waals surface area contributed by atoms with E-state index < -0.39 is 5.60 Å². The minimum absolute atomic E-state index is 0.204. The molecule has 3 N–H and O–H groups in total. The number of ether oxygens (including phenoxy) is 1. The predicted octanol–water partition coefficient (Wildman–Crippen LogP) is 2.79. The highest BCUT2D eigenvalue weighted by molar-refractivity contribution is 5.74. The van der Waals surface area contributed by atoms with Crippen LogP contribution in [0.15, 0.2) is 54.6 Å². The molecule has 0 radical (unpaired) electrons. The van der Waals surface area contributed by atoms with Gasteiger partial charge in [-0.2, -0.15) is 0 Å². The number of benzene rings is 2. The molecule has 1 unspecified atom stereocenters. The Morgan fingerprint density at radius 2 is 1.80 bits per heavy atom. The zero-order valence-electron chi connectivity index (χ0n) is 14.4. The second-order valence-corrected chi connectivity index (χ2v) is 6.45. The van der Waals surface area contributed by atoms with Gasteiger partial charge in [-0.25, -0.2) is 4.79 Å². The molecule has 0 heterocycles. The third kappa shape index (κ3) is 4.31. The van der Waals surface area contributed by atoms with Gasteiger partial charge >= 0.3 is 6.03 Å². The SMILES string of the molecule is COc1ccc(CNC(=O)NCC(O)(c2ccccc2)C2CC2)cc1. The Morgan fingerprint density at radius 1 is 1.12 bits per heavy atom. The molecule has 0 aliphatic heterocycles. The zero-order valence-corrected chi connectivity index (χ0v) is 14.4. The Bertz CT molecular complexity index is 699. The lowest BCUT2D eigenvalue weighted by Gasteiger charge is -2.29. The van der Waals surface area contributed by atoms with Crippen LogP contribution in [0.25, 0.3) is 0 Å². The molecule has 1 aliphatic rings. The van der Waals surface area contributed by atoms with E-state index in [-0.39, 0.29) is 18.5 Å². The lowest BCUT2D eigenvalue weighted by molar-refractivity contribution is 0.0159. The first-order valence-electron chi connectivity index (χ1n) is 8.54. The molecule has 2 aromatic carbocycles. The van der Waals surface area contributed by atoms with Crippen molar-refractivity contribution in [3.05, 3.63) is 65.7 Å². The Morgan fingerprint density at radius 3 is 2.40 bits per heavy atom. The zero-order chi connectivity index (χ0) is 17.7. The maximum Gasteiger partial charge on any atom is 0.315 e. The molecule has 5 nitrogen and oxygen atoms in total. The number of hydrogen-bond donors (Lipinski definition) is 3. The minimum atomic E-state index is -1.00. The molecule has 0 aromatic heterocycles. The smallest absolute Gasteiger partial charge is 0.315 e. The Hall–Kier alpha value is -2.53. The van der Waals surface area contributed by atoms with Crippen LogP contribution in [0.5, 0.6) is 5.75 Å². The first-order chi connectivity index (χ1) is 12.1. The van der Waals surface area contributed by atoms with Crippen molar-refractivity contribution in [1.82, 2.24) is 10.6 Å². The van der Waals surface area contributed by atoms with Gasteiger partial charge in [-0.05, 0) is 42.0 Å². The summed E-state index contributed by atoms with van der Waals surface area (Å²) in [5.41, 5.74) is 0.836. The average Bonchev–Trinajstić information content (AvgIpc) is 3.51. The first kappa shape index (κ1) is 17.3. The van der Waals surface area contributed by atoms with Crippen LogP contribution >= 0.6 is 0 Å². The number of urea groups is 1. The van der Waals surface area contributed by atoms with Gasteiger partial charge in [-0.3, -0.25) is 0 Å². The molecule has 2 amide bonds. The normalized spacial score (nSPS) is 15.9. The van der Waals surface area contributed by atoms with Crippen LogP contribution in [0, 0.1) is 5.92 Å². The maximum atomic E-state index is 12.1. The van der Waals surface area contributed by atoms with E-state index in [1.165, 1.54) is 0 Å². The third-order valence-electron chi connectivity index (χ3n) is 4.66. The number of amides is 2. The minimum Gasteiger partial charge on any atom is -0.497 e. The fourth-order valence-corrected chi connectivity index (χ4v) is 2.97. The van der Waals surface area contributed by atoms with Gasteiger partial charge in [0.2, 0.25) is 0 Å². The second kappa shape index (κ2) is 7.57. The van der Waals surface area contributed by atoms with Crippen LogP contribution in [-0.2, 0) is 12.1 Å². The molecule has 0 saturated heterocycles. The molecule has 2 aromatic rings. The predicted molar refractivity (Wildman–Crippen MR) is 96.3 cm³/mol. The summed E-state index contributed by atoms with van der Waals surface area (Å²) in [6, 6.07) is 16.8. The number of carbonyl (C=O) groups excluding carboxylic acids is 1. The van der Waals surface area contributed by atoms with Gasteiger partial charge in [-0.1, -0.05) is 42.5 Å². The van der Waals surface area contributed by atoms with E-state index in [1.54, 1.807) is 7.11 Å². The number of rotatable bonds is 7. The molecule has 25 heavy (non-hydrogen) atoms. The molecule has 5 heteroatoms. The van der Waals surface area contributed by atoms with E-state index >= 15 is 0 Å². The second-order valence-electron chi connectivity index (χ2n) is 6.45. The third-order valence-corrected chi connectivity index (χ3v) is 4.66. The maximum absolute atomic E-state index is 12.1. The summed E-state index contributed by atoms with van der Waals surface area (Å²) in [6.45, 7) is 0.624. The monoisotopic (exact) mass is 340 g/mol. The van der Waals surface area contributed by atoms with Crippen molar-refractivity contribution >= 4 is 6.03 Å². The van der Waals surface area contributed by atoms with Gasteiger partial charge in [-0.15, -0.1) is 0 Å². The Balaban J connectivity index is 1.53. The highest BCUT2D eigenvalue weighted by atomic mass is 16.5. The van der Waals surface area contributed by atoms with E-state index in [2.05, 4.69) is 10.6 Å². The fraction of sp³-hybridized carbons (Fsp3) is 0.350. The molecular weight excluding hydrogens is 316 g/mol. The Labute approximate surface area is 148 Å². The lowest BCUT2D eigenvalue weighted by atomic mass is 9.89. The highest BCUT2D eigenvalue weighted by Gasteiger charge is 2.45. The van der Waals surface area contributed by atoms with Crippen LogP contribution in [0.1, 0.15) is 24.0 Å². The summed E-state index contributed by atoms with van der Waals surface area (Å²) in [5.74, 6) is 0.988. The molecule has 1 fully saturated rings. The van der Waals surface area contributed by atoms with E-state index in [4.69, 9.17) is 4.74 Å². The molecule has 1 aliphatic carbocycles. The summed E-state index contributed by atoms with van der Waals surface area (Å²) in [7, 11) is 1.62. The van der Waals surface area contributed by atoms with Crippen molar-refractivity contribution in [3.63, 3.8) is 0 Å². The summed E-state index contributed by atoms with van der Waals surface area (Å²) in [5, 5.41) is 16.7. The number of hydrogen-bond acceptors (Lipinski definition) is 3. The van der Waals surface area contributed by atoms with Gasteiger partial charge < -0.3 is 20.5 Å². The number of carbonyl (C=O) groups is 1. The topological polar surface area (TPSA) is 70.6 Å². The molecule has 1 saturated carbocycles. The summed E-state index contributed by atoms with van der Waals surface area (Å²) in [6.07, 6.45) is 1.97. The van der Waals surface area contributed by atoms with Gasteiger partial charge in [0.25, 0.3) is 0 Å². The van der Waals surface area contributed by atoms with E-state index in [9.17, 15) is 9.90 Å². The highest BCUT2D eigenvalue weighted by Crippen LogP contribution is 2.45. The molecule has 0 spiro atoms. The summed E-state index contributed by atoms with van der Waals surface area (Å²) in [4.78, 5) is 12.1. The summed E-state index contributed by atoms with van der Waals surface area (Å²) >= 11 is 0. The molecule has 132 valence electrons. The standard InChI is InChI=1S/C20H24N2O3/c1-25-18-11-7-15(8-12-18)13-21-19(23)22-14-20(24,17-9-10-17)16-5-3-2-4-6-16/h2-8,11-12,17,24H,9-10,13-14H2,1H3,(H2,21,22,23). The van der Waals surface area contributed by atoms with Gasteiger partial charge in [0, 0.05) is 6.54 Å². The van der Waals surface area contributed by atoms with Crippen LogP contribution in [0.3, 0.4) is 0 Å². The van der Waals surface area contributed by atoms with Crippen molar-refractivity contribution in [1.29, 1.82) is 0 Å². The van der Waals surface area contributed by atoms with Crippen molar-refractivity contribution in [3.8, 4) is 5.75 Å². The van der Waals surface area contributed by atoms with Gasteiger partial charge in [0.15, 0.2) is 0 Å². The van der Waals surface area contributed by atoms with Crippen molar-refractivity contribution in [2.45, 2.75) is 25.0 Å². The number of methoxy groups -OCH3 is 1. The molecule has 3 rings (SSSR count). The number of aliphatic hydroxyl groups is 1. The molecular formula is C20H24N2O3. The first-order valence-corrected chi connectivity index (χ1v) is 8.54. The fourth-order valence-electron chi connectivity index (χ4n) is 2.97. The van der Waals surface area contributed by atoms with E-state index in [1.807, 2.05) is 54.6 Å². The van der Waals surface area contributed by atoms with Crippen LogP contribution < -0.4 is 15.4 Å². The van der Waals surface area contributed by atoms with Crippen LogP contribution in [0.4, 0.5) is 4.79 Å². The van der Waals surface area contributed by atoms with Gasteiger partial charge in [0.1, 0.15) is 11.4 Å². The van der Waals surface area contributed by atoms with E-state index in [0.29, 0.717) is 6.54 Å². The van der Waals surface area contributed by atoms with Crippen molar-refractivity contribution in [2.24, 2.45) is 5.92 Å². The summed E-state index contributed by atoms with van der Waals surface area (Å²) < 4.78 is 5.11. The average molecular weight is 340 g/mol.